The fourth-order valence-electron chi connectivity index (χ4n) is 2.89. The summed E-state index contributed by atoms with van der Waals surface area (Å²) >= 11 is 1.79. The van der Waals surface area contributed by atoms with Gasteiger partial charge in [-0.15, -0.1) is 11.3 Å². The number of thiophene rings is 1. The molecule has 0 aliphatic heterocycles. The molecule has 1 aromatic heterocycles. The largest absolute Gasteiger partial charge is 0.493 e. The summed E-state index contributed by atoms with van der Waals surface area (Å²) in [5.41, 5.74) is 1.26. The number of hydrogen-bond donors (Lipinski definition) is 1. The Hall–Kier alpha value is -1.84. The summed E-state index contributed by atoms with van der Waals surface area (Å²) in [5.74, 6) is 1.02. The van der Waals surface area contributed by atoms with Crippen LogP contribution in [0.5, 0.6) is 5.75 Å². The van der Waals surface area contributed by atoms with E-state index in [9.17, 15) is 0 Å². The summed E-state index contributed by atoms with van der Waals surface area (Å²) in [7, 11) is 0. The number of rotatable bonds is 9. The van der Waals surface area contributed by atoms with E-state index in [1.165, 1.54) is 34.1 Å². The van der Waals surface area contributed by atoms with E-state index in [0.29, 0.717) is 0 Å². The van der Waals surface area contributed by atoms with Crippen molar-refractivity contribution in [1.29, 1.82) is 0 Å². The normalized spacial score (nSPS) is 11.0. The Kier molecular flexibility index (Phi) is 6.27. The van der Waals surface area contributed by atoms with Gasteiger partial charge in [0.2, 0.25) is 0 Å². The molecule has 0 atom stereocenters. The monoisotopic (exact) mass is 339 g/mol. The molecule has 0 unspecified atom stereocenters. The molecule has 0 spiro atoms. The van der Waals surface area contributed by atoms with Gasteiger partial charge >= 0.3 is 0 Å². The Morgan fingerprint density at radius 2 is 1.88 bits per heavy atom. The van der Waals surface area contributed by atoms with Crippen molar-refractivity contribution in [2.45, 2.75) is 39.3 Å². The molecule has 24 heavy (non-hydrogen) atoms. The van der Waals surface area contributed by atoms with Gasteiger partial charge in [0.15, 0.2) is 0 Å². The molecule has 3 rings (SSSR count). The van der Waals surface area contributed by atoms with Crippen LogP contribution in [0.2, 0.25) is 0 Å². The molecule has 0 saturated heterocycles. The van der Waals surface area contributed by atoms with Gasteiger partial charge in [-0.2, -0.15) is 0 Å². The van der Waals surface area contributed by atoms with Crippen LogP contribution in [-0.4, -0.2) is 6.61 Å². The van der Waals surface area contributed by atoms with E-state index < -0.39 is 0 Å². The molecule has 0 aliphatic rings. The second-order valence-electron chi connectivity index (χ2n) is 6.00. The van der Waals surface area contributed by atoms with Crippen molar-refractivity contribution >= 4 is 22.1 Å². The maximum absolute atomic E-state index is 6.10. The second-order valence-corrected chi connectivity index (χ2v) is 7.03. The van der Waals surface area contributed by atoms with E-state index in [-0.39, 0.29) is 0 Å². The van der Waals surface area contributed by atoms with Gasteiger partial charge in [0.05, 0.1) is 6.61 Å². The number of hydrogen-bond acceptors (Lipinski definition) is 3. The third-order valence-corrected chi connectivity index (χ3v) is 5.06. The summed E-state index contributed by atoms with van der Waals surface area (Å²) in [4.78, 5) is 1.36. The maximum Gasteiger partial charge on any atom is 0.124 e. The minimum atomic E-state index is 0.796. The minimum absolute atomic E-state index is 0.796. The lowest BCUT2D eigenvalue weighted by atomic mass is 10.0. The van der Waals surface area contributed by atoms with Crippen molar-refractivity contribution in [3.63, 3.8) is 0 Å². The van der Waals surface area contributed by atoms with Crippen molar-refractivity contribution in [3.05, 3.63) is 64.4 Å². The van der Waals surface area contributed by atoms with Gasteiger partial charge in [-0.05, 0) is 34.7 Å². The highest BCUT2D eigenvalue weighted by atomic mass is 32.1. The number of nitrogens with one attached hydrogen (secondary N) is 1. The molecule has 0 saturated carbocycles. The fourth-order valence-corrected chi connectivity index (χ4v) is 3.57. The lowest BCUT2D eigenvalue weighted by Gasteiger charge is -2.15. The summed E-state index contributed by atoms with van der Waals surface area (Å²) in [6.45, 7) is 4.73. The molecule has 1 heterocycles. The molecule has 3 heteroatoms. The highest BCUT2D eigenvalue weighted by Crippen LogP contribution is 2.28. The fraction of sp³-hybridized carbons (Fsp3) is 0.333. The SMILES string of the molecule is CCCCCOc1ccc2ccccc2c1CNCc1cccs1. The summed E-state index contributed by atoms with van der Waals surface area (Å²) < 4.78 is 6.10. The lowest BCUT2D eigenvalue weighted by molar-refractivity contribution is 0.303. The van der Waals surface area contributed by atoms with Gasteiger partial charge in [-0.25, -0.2) is 0 Å². The smallest absolute Gasteiger partial charge is 0.124 e. The minimum Gasteiger partial charge on any atom is -0.493 e. The first-order valence-corrected chi connectivity index (χ1v) is 9.63. The Bertz CT molecular complexity index is 752. The third-order valence-electron chi connectivity index (χ3n) is 4.18. The molecule has 0 aliphatic carbocycles. The Balaban J connectivity index is 1.75. The van der Waals surface area contributed by atoms with Gasteiger partial charge in [0, 0.05) is 23.5 Å². The van der Waals surface area contributed by atoms with Gasteiger partial charge in [0.1, 0.15) is 5.75 Å². The van der Waals surface area contributed by atoms with Crippen molar-refractivity contribution in [2.75, 3.05) is 6.61 Å². The average Bonchev–Trinajstić information content (AvgIpc) is 3.13. The maximum atomic E-state index is 6.10. The summed E-state index contributed by atoms with van der Waals surface area (Å²) in [6, 6.07) is 17.1. The highest BCUT2D eigenvalue weighted by Gasteiger charge is 2.09. The van der Waals surface area contributed by atoms with Crippen molar-refractivity contribution in [1.82, 2.24) is 5.32 Å². The predicted octanol–water partition coefficient (Wildman–Crippen LogP) is 5.76. The van der Waals surface area contributed by atoms with Crippen LogP contribution >= 0.6 is 11.3 Å². The van der Waals surface area contributed by atoms with E-state index >= 15 is 0 Å². The van der Waals surface area contributed by atoms with Crippen LogP contribution in [-0.2, 0) is 13.1 Å². The molecule has 0 bridgehead atoms. The zero-order valence-electron chi connectivity index (χ0n) is 14.3. The molecule has 126 valence electrons. The first-order valence-electron chi connectivity index (χ1n) is 8.75. The molecule has 0 radical (unpaired) electrons. The topological polar surface area (TPSA) is 21.3 Å². The number of unbranched alkanes of at least 4 members (excludes halogenated alkanes) is 2. The molecule has 2 nitrogen and oxygen atoms in total. The van der Waals surface area contributed by atoms with E-state index in [1.807, 2.05) is 0 Å². The van der Waals surface area contributed by atoms with Crippen LogP contribution in [0.1, 0.15) is 36.6 Å². The van der Waals surface area contributed by atoms with Gasteiger partial charge in [-0.1, -0.05) is 56.2 Å². The van der Waals surface area contributed by atoms with E-state index in [4.69, 9.17) is 4.74 Å². The van der Waals surface area contributed by atoms with Gasteiger partial charge in [-0.3, -0.25) is 0 Å². The second kappa shape index (κ2) is 8.86. The quantitative estimate of drug-likeness (QED) is 0.500. The lowest BCUT2D eigenvalue weighted by Crippen LogP contribution is -2.13. The molecule has 1 N–H and O–H groups in total. The number of benzene rings is 2. The molecule has 2 aromatic carbocycles. The number of ether oxygens (including phenoxy) is 1. The van der Waals surface area contributed by atoms with Crippen LogP contribution in [0.4, 0.5) is 0 Å². The van der Waals surface area contributed by atoms with Gasteiger partial charge < -0.3 is 10.1 Å². The van der Waals surface area contributed by atoms with E-state index in [2.05, 4.69) is 66.2 Å². The molecule has 3 aromatic rings. The molecular weight excluding hydrogens is 314 g/mol. The summed E-state index contributed by atoms with van der Waals surface area (Å²) in [6.07, 6.45) is 3.56. The van der Waals surface area contributed by atoms with Crippen LogP contribution < -0.4 is 10.1 Å². The first kappa shape index (κ1) is 17.0. The molecule has 0 amide bonds. The average molecular weight is 340 g/mol. The van der Waals surface area contributed by atoms with Crippen molar-refractivity contribution in [3.8, 4) is 5.75 Å². The Morgan fingerprint density at radius 1 is 0.958 bits per heavy atom. The van der Waals surface area contributed by atoms with Crippen LogP contribution in [0, 0.1) is 0 Å². The van der Waals surface area contributed by atoms with Crippen molar-refractivity contribution < 1.29 is 4.74 Å². The first-order chi connectivity index (χ1) is 11.9. The highest BCUT2D eigenvalue weighted by molar-refractivity contribution is 7.09. The van der Waals surface area contributed by atoms with E-state index in [0.717, 1.165) is 31.9 Å². The standard InChI is InChI=1S/C21H25NOS/c1-2-3-6-13-23-21-12-11-17-8-4-5-10-19(17)20(21)16-22-15-18-9-7-14-24-18/h4-5,7-12,14,22H,2-3,6,13,15-16H2,1H3. The Morgan fingerprint density at radius 3 is 2.71 bits per heavy atom. The Labute approximate surface area is 148 Å². The number of fused-ring (bicyclic) bond motifs is 1. The van der Waals surface area contributed by atoms with Crippen LogP contribution in [0.25, 0.3) is 10.8 Å². The van der Waals surface area contributed by atoms with Crippen molar-refractivity contribution in [2.24, 2.45) is 0 Å². The zero-order chi connectivity index (χ0) is 16.6. The van der Waals surface area contributed by atoms with Crippen LogP contribution in [0.15, 0.2) is 53.9 Å². The van der Waals surface area contributed by atoms with Gasteiger partial charge in [0.25, 0.3) is 0 Å². The molecular formula is C21H25NOS. The molecule has 0 fully saturated rings. The zero-order valence-corrected chi connectivity index (χ0v) is 15.1. The third kappa shape index (κ3) is 4.37. The predicted molar refractivity (Wildman–Crippen MR) is 104 cm³/mol. The van der Waals surface area contributed by atoms with E-state index in [1.54, 1.807) is 11.3 Å². The van der Waals surface area contributed by atoms with Crippen LogP contribution in [0.3, 0.4) is 0 Å². The summed E-state index contributed by atoms with van der Waals surface area (Å²) in [5, 5.41) is 8.24.